The van der Waals surface area contributed by atoms with Crippen LogP contribution in [0.3, 0.4) is 0 Å². The second-order valence-electron chi connectivity index (χ2n) is 5.56. The first-order valence-corrected chi connectivity index (χ1v) is 8.19. The molecule has 1 aliphatic rings. The van der Waals surface area contributed by atoms with Crippen LogP contribution in [0.25, 0.3) is 0 Å². The van der Waals surface area contributed by atoms with Gasteiger partial charge in [0.15, 0.2) is 0 Å². The number of allylic oxidation sites excluding steroid dienone is 6. The molecule has 0 aromatic carbocycles. The van der Waals surface area contributed by atoms with Crippen LogP contribution in [-0.2, 0) is 4.79 Å². The van der Waals surface area contributed by atoms with Crippen molar-refractivity contribution in [2.24, 2.45) is 0 Å². The molecule has 0 fully saturated rings. The minimum atomic E-state index is -0.713. The van der Waals surface area contributed by atoms with Gasteiger partial charge in [-0.3, -0.25) is 4.79 Å². The van der Waals surface area contributed by atoms with E-state index in [0.717, 1.165) is 45.1 Å². The molecule has 0 bridgehead atoms. The lowest BCUT2D eigenvalue weighted by atomic mass is 10.1. The molecule has 0 radical (unpaired) electrons. The van der Waals surface area contributed by atoms with Gasteiger partial charge in [-0.15, -0.1) is 0 Å². The summed E-state index contributed by atoms with van der Waals surface area (Å²) in [5, 5.41) is 12.4. The van der Waals surface area contributed by atoms with Crippen LogP contribution >= 0.6 is 0 Å². The first kappa shape index (κ1) is 17.7. The van der Waals surface area contributed by atoms with Gasteiger partial charge in [-0.05, 0) is 51.5 Å². The number of rotatable bonds is 2. The van der Waals surface area contributed by atoms with Crippen LogP contribution in [0, 0.1) is 0 Å². The largest absolute Gasteiger partial charge is 0.481 e. The normalized spacial score (nSPS) is 27.3. The fourth-order valence-electron chi connectivity index (χ4n) is 2.43. The fraction of sp³-hybridized carbons (Fsp3) is 0.611. The van der Waals surface area contributed by atoms with Gasteiger partial charge in [-0.2, -0.15) is 0 Å². The maximum absolute atomic E-state index is 10.9. The van der Waals surface area contributed by atoms with Gasteiger partial charge >= 0.3 is 5.97 Å². The Hall–Kier alpha value is -1.35. The third kappa shape index (κ3) is 11.0. The molecule has 1 unspecified atom stereocenters. The molecule has 3 nitrogen and oxygen atoms in total. The molecule has 0 amide bonds. The number of carbonyl (C=O) groups is 1. The Labute approximate surface area is 128 Å². The Kier molecular flexibility index (Phi) is 10.4. The number of aliphatic carboxylic acids is 1. The predicted molar refractivity (Wildman–Crippen MR) is 88.4 cm³/mol. The summed E-state index contributed by atoms with van der Waals surface area (Å²) in [7, 11) is 0. The zero-order valence-corrected chi connectivity index (χ0v) is 13.0. The van der Waals surface area contributed by atoms with Gasteiger partial charge in [0.25, 0.3) is 0 Å². The molecule has 1 atom stereocenters. The van der Waals surface area contributed by atoms with E-state index in [1.54, 1.807) is 0 Å². The van der Waals surface area contributed by atoms with Crippen molar-refractivity contribution >= 4 is 5.97 Å². The van der Waals surface area contributed by atoms with E-state index in [0.29, 0.717) is 0 Å². The smallest absolute Gasteiger partial charge is 0.304 e. The zero-order chi connectivity index (χ0) is 15.2. The van der Waals surface area contributed by atoms with Gasteiger partial charge < -0.3 is 10.4 Å². The molecule has 0 saturated carbocycles. The summed E-state index contributed by atoms with van der Waals surface area (Å²) in [6, 6.07) is 0.0956. The monoisotopic (exact) mass is 291 g/mol. The Morgan fingerprint density at radius 1 is 0.952 bits per heavy atom. The third-order valence-electron chi connectivity index (χ3n) is 3.63. The van der Waals surface area contributed by atoms with E-state index < -0.39 is 5.97 Å². The average Bonchev–Trinajstić information content (AvgIpc) is 2.45. The van der Waals surface area contributed by atoms with Crippen LogP contribution < -0.4 is 5.32 Å². The van der Waals surface area contributed by atoms with Crippen molar-refractivity contribution in [3.63, 3.8) is 0 Å². The lowest BCUT2D eigenvalue weighted by Gasteiger charge is -2.16. The van der Waals surface area contributed by atoms with E-state index in [9.17, 15) is 4.79 Å². The molecule has 21 heavy (non-hydrogen) atoms. The van der Waals surface area contributed by atoms with E-state index in [1.165, 1.54) is 12.8 Å². The minimum absolute atomic E-state index is 0.0956. The molecule has 118 valence electrons. The zero-order valence-electron chi connectivity index (χ0n) is 13.0. The molecule has 1 heterocycles. The predicted octanol–water partition coefficient (Wildman–Crippen LogP) is 4.22. The van der Waals surface area contributed by atoms with Gasteiger partial charge in [0, 0.05) is 6.04 Å². The van der Waals surface area contributed by atoms with E-state index in [1.807, 2.05) is 0 Å². The van der Waals surface area contributed by atoms with Crippen LogP contribution in [0.4, 0.5) is 0 Å². The number of hydrogen-bond donors (Lipinski definition) is 2. The summed E-state index contributed by atoms with van der Waals surface area (Å²) in [5.74, 6) is -0.713. The quantitative estimate of drug-likeness (QED) is 0.749. The highest BCUT2D eigenvalue weighted by Crippen LogP contribution is 2.06. The number of hydrogen-bond acceptors (Lipinski definition) is 2. The Morgan fingerprint density at radius 3 is 2.33 bits per heavy atom. The van der Waals surface area contributed by atoms with Gasteiger partial charge in [0.05, 0.1) is 6.42 Å². The third-order valence-corrected chi connectivity index (χ3v) is 3.63. The van der Waals surface area contributed by atoms with Gasteiger partial charge in [-0.1, -0.05) is 42.9 Å². The minimum Gasteiger partial charge on any atom is -0.481 e. The van der Waals surface area contributed by atoms with Crippen LogP contribution in [-0.4, -0.2) is 23.7 Å². The van der Waals surface area contributed by atoms with Crippen molar-refractivity contribution in [3.05, 3.63) is 36.5 Å². The van der Waals surface area contributed by atoms with Gasteiger partial charge in [0.1, 0.15) is 0 Å². The number of nitrogens with one attached hydrogen (secondary N) is 1. The summed E-state index contributed by atoms with van der Waals surface area (Å²) in [5.41, 5.74) is 0. The first-order chi connectivity index (χ1) is 10.3. The molecule has 0 saturated heterocycles. The Balaban J connectivity index is 2.42. The number of carboxylic acids is 1. The molecular formula is C18H29NO2. The summed E-state index contributed by atoms with van der Waals surface area (Å²) >= 11 is 0. The van der Waals surface area contributed by atoms with Crippen LogP contribution in [0.1, 0.15) is 57.8 Å². The maximum atomic E-state index is 10.9. The lowest BCUT2D eigenvalue weighted by molar-refractivity contribution is -0.137. The van der Waals surface area contributed by atoms with Gasteiger partial charge in [-0.25, -0.2) is 0 Å². The standard InChI is InChI=1S/C18H29NO2/c20-18(21)16-17-14-12-10-8-6-4-2-1-3-5-7-9-11-13-15-19-17/h2-5,8,10,17,19H,1,6-7,9,11-16H2,(H,20,21)/b4-2-,5-3+,10-8+. The van der Waals surface area contributed by atoms with E-state index in [-0.39, 0.29) is 12.5 Å². The van der Waals surface area contributed by atoms with Crippen LogP contribution in [0.2, 0.25) is 0 Å². The van der Waals surface area contributed by atoms with Crippen molar-refractivity contribution in [1.29, 1.82) is 0 Å². The molecule has 1 aliphatic heterocycles. The van der Waals surface area contributed by atoms with Crippen LogP contribution in [0.15, 0.2) is 36.5 Å². The summed E-state index contributed by atoms with van der Waals surface area (Å²) in [4.78, 5) is 10.9. The molecule has 3 heteroatoms. The molecule has 1 rings (SSSR count). The van der Waals surface area contributed by atoms with E-state index >= 15 is 0 Å². The number of carboxylic acid groups (broad SMARTS) is 1. The summed E-state index contributed by atoms with van der Waals surface area (Å²) in [6.07, 6.45) is 21.9. The molecule has 0 aromatic rings. The van der Waals surface area contributed by atoms with E-state index in [4.69, 9.17) is 5.11 Å². The molecule has 0 aromatic heterocycles. The highest BCUT2D eigenvalue weighted by Gasteiger charge is 2.11. The van der Waals surface area contributed by atoms with E-state index in [2.05, 4.69) is 41.8 Å². The van der Waals surface area contributed by atoms with Crippen molar-refractivity contribution in [1.82, 2.24) is 5.32 Å². The molecule has 0 aliphatic carbocycles. The summed E-state index contributed by atoms with van der Waals surface area (Å²) < 4.78 is 0. The van der Waals surface area contributed by atoms with Crippen molar-refractivity contribution < 1.29 is 9.90 Å². The van der Waals surface area contributed by atoms with Gasteiger partial charge in [0.2, 0.25) is 0 Å². The highest BCUT2D eigenvalue weighted by molar-refractivity contribution is 5.67. The molecular weight excluding hydrogens is 262 g/mol. The first-order valence-electron chi connectivity index (χ1n) is 8.19. The Bertz CT molecular complexity index is 358. The fourth-order valence-corrected chi connectivity index (χ4v) is 2.43. The average molecular weight is 291 g/mol. The molecule has 2 N–H and O–H groups in total. The second kappa shape index (κ2) is 12.4. The maximum Gasteiger partial charge on any atom is 0.304 e. The lowest BCUT2D eigenvalue weighted by Crippen LogP contribution is -2.32. The Morgan fingerprint density at radius 2 is 1.62 bits per heavy atom. The summed E-state index contributed by atoms with van der Waals surface area (Å²) in [6.45, 7) is 0.924. The highest BCUT2D eigenvalue weighted by atomic mass is 16.4. The van der Waals surface area contributed by atoms with Crippen molar-refractivity contribution in [2.75, 3.05) is 6.54 Å². The topological polar surface area (TPSA) is 49.3 Å². The second-order valence-corrected chi connectivity index (χ2v) is 5.56. The molecule has 0 spiro atoms. The van der Waals surface area contributed by atoms with Crippen LogP contribution in [0.5, 0.6) is 0 Å². The SMILES string of the molecule is O=C(O)CC1CC/C=C/C/C=C\C/C=C/CCCCCN1. The van der Waals surface area contributed by atoms with Crippen molar-refractivity contribution in [3.8, 4) is 0 Å². The van der Waals surface area contributed by atoms with Crippen molar-refractivity contribution in [2.45, 2.75) is 63.8 Å².